The smallest absolute Gasteiger partial charge is 0.164 e. The molecule has 1 aromatic heterocycles. The molecule has 0 aliphatic heterocycles. The number of aromatic nitrogens is 3. The highest BCUT2D eigenvalue weighted by Gasteiger charge is 2.00. The number of hydrogen-bond acceptors (Lipinski definition) is 3. The monoisotopic (exact) mass is 203 g/mol. The van der Waals surface area contributed by atoms with Crippen LogP contribution in [0, 0.1) is 6.92 Å². The summed E-state index contributed by atoms with van der Waals surface area (Å²) < 4.78 is 7.27. The van der Waals surface area contributed by atoms with Gasteiger partial charge in [0.2, 0.25) is 0 Å². The topological polar surface area (TPSA) is 39.9 Å². The molecule has 0 fully saturated rings. The van der Waals surface area contributed by atoms with E-state index in [0.29, 0.717) is 6.61 Å². The lowest BCUT2D eigenvalue weighted by Crippen LogP contribution is -2.04. The van der Waals surface area contributed by atoms with Crippen LogP contribution >= 0.6 is 0 Å². The zero-order valence-corrected chi connectivity index (χ0v) is 8.84. The lowest BCUT2D eigenvalue weighted by Gasteiger charge is -2.05. The molecule has 2 aromatic rings. The Labute approximate surface area is 88.5 Å². The summed E-state index contributed by atoms with van der Waals surface area (Å²) in [6.07, 6.45) is 1.52. The molecule has 0 saturated carbocycles. The second kappa shape index (κ2) is 4.13. The number of rotatable bonds is 3. The van der Waals surface area contributed by atoms with Gasteiger partial charge in [-0.2, -0.15) is 5.10 Å². The predicted molar refractivity (Wildman–Crippen MR) is 56.5 cm³/mol. The lowest BCUT2D eigenvalue weighted by molar-refractivity contribution is 0.289. The van der Waals surface area contributed by atoms with Crippen LogP contribution in [0.5, 0.6) is 5.75 Å². The molecule has 4 heteroatoms. The van der Waals surface area contributed by atoms with Gasteiger partial charge in [-0.1, -0.05) is 17.7 Å². The number of ether oxygens (including phenoxy) is 1. The minimum Gasteiger partial charge on any atom is -0.486 e. The Morgan fingerprint density at radius 1 is 1.27 bits per heavy atom. The highest BCUT2D eigenvalue weighted by Crippen LogP contribution is 2.12. The number of aryl methyl sites for hydroxylation is 2. The molecule has 0 N–H and O–H groups in total. The molecule has 0 aliphatic rings. The van der Waals surface area contributed by atoms with Gasteiger partial charge in [-0.15, -0.1) is 0 Å². The van der Waals surface area contributed by atoms with Gasteiger partial charge in [0.05, 0.1) is 0 Å². The predicted octanol–water partition coefficient (Wildman–Crippen LogP) is 1.70. The number of benzene rings is 1. The maximum atomic E-state index is 5.56. The van der Waals surface area contributed by atoms with Crippen molar-refractivity contribution in [2.75, 3.05) is 0 Å². The van der Waals surface area contributed by atoms with Gasteiger partial charge in [0.25, 0.3) is 0 Å². The summed E-state index contributed by atoms with van der Waals surface area (Å²) in [7, 11) is 1.85. The molecule has 78 valence electrons. The molecule has 0 atom stereocenters. The Morgan fingerprint density at radius 3 is 2.60 bits per heavy atom. The van der Waals surface area contributed by atoms with E-state index < -0.39 is 0 Å². The van der Waals surface area contributed by atoms with Crippen LogP contribution in [0.15, 0.2) is 30.6 Å². The Morgan fingerprint density at radius 2 is 2.00 bits per heavy atom. The summed E-state index contributed by atoms with van der Waals surface area (Å²) in [6, 6.07) is 7.94. The molecule has 2 rings (SSSR count). The first kappa shape index (κ1) is 9.71. The van der Waals surface area contributed by atoms with Crippen LogP contribution in [-0.4, -0.2) is 14.8 Å². The molecule has 0 spiro atoms. The van der Waals surface area contributed by atoms with Gasteiger partial charge in [0.15, 0.2) is 5.82 Å². The first-order chi connectivity index (χ1) is 7.25. The quantitative estimate of drug-likeness (QED) is 0.762. The minimum atomic E-state index is 0.444. The fourth-order valence-electron chi connectivity index (χ4n) is 1.23. The summed E-state index contributed by atoms with van der Waals surface area (Å²) in [5.74, 6) is 1.67. The van der Waals surface area contributed by atoms with Crippen LogP contribution < -0.4 is 4.74 Å². The molecule has 0 amide bonds. The van der Waals surface area contributed by atoms with Crippen molar-refractivity contribution in [2.45, 2.75) is 13.5 Å². The highest BCUT2D eigenvalue weighted by molar-refractivity contribution is 5.26. The minimum absolute atomic E-state index is 0.444. The third kappa shape index (κ3) is 2.34. The number of nitrogens with zero attached hydrogens (tertiary/aromatic N) is 3. The summed E-state index contributed by atoms with van der Waals surface area (Å²) in [6.45, 7) is 2.49. The zero-order valence-electron chi connectivity index (χ0n) is 8.84. The third-order valence-corrected chi connectivity index (χ3v) is 2.19. The van der Waals surface area contributed by atoms with Gasteiger partial charge >= 0.3 is 0 Å². The van der Waals surface area contributed by atoms with Crippen LogP contribution in [0.3, 0.4) is 0 Å². The molecular weight excluding hydrogens is 190 g/mol. The molecule has 1 heterocycles. The maximum Gasteiger partial charge on any atom is 0.164 e. The van der Waals surface area contributed by atoms with Crippen molar-refractivity contribution >= 4 is 0 Å². The normalized spacial score (nSPS) is 10.3. The Balaban J connectivity index is 1.99. The average Bonchev–Trinajstić information content (AvgIpc) is 2.63. The lowest BCUT2D eigenvalue weighted by atomic mass is 10.2. The van der Waals surface area contributed by atoms with Gasteiger partial charge in [-0.05, 0) is 19.1 Å². The summed E-state index contributed by atoms with van der Waals surface area (Å²) in [5, 5.41) is 3.97. The van der Waals surface area contributed by atoms with Crippen LogP contribution in [0.1, 0.15) is 11.4 Å². The van der Waals surface area contributed by atoms with Gasteiger partial charge in [0.1, 0.15) is 18.7 Å². The zero-order chi connectivity index (χ0) is 10.7. The molecule has 0 unspecified atom stereocenters. The van der Waals surface area contributed by atoms with Gasteiger partial charge < -0.3 is 4.74 Å². The van der Waals surface area contributed by atoms with E-state index in [2.05, 4.69) is 10.1 Å². The fraction of sp³-hybridized carbons (Fsp3) is 0.273. The molecule has 0 bridgehead atoms. The first-order valence-corrected chi connectivity index (χ1v) is 4.78. The summed E-state index contributed by atoms with van der Waals surface area (Å²) in [5.41, 5.74) is 1.22. The van der Waals surface area contributed by atoms with Crippen LogP contribution in [0.2, 0.25) is 0 Å². The van der Waals surface area contributed by atoms with Crippen molar-refractivity contribution in [3.63, 3.8) is 0 Å². The van der Waals surface area contributed by atoms with Crippen molar-refractivity contribution < 1.29 is 4.74 Å². The van der Waals surface area contributed by atoms with E-state index in [0.717, 1.165) is 11.6 Å². The molecular formula is C11H13N3O. The van der Waals surface area contributed by atoms with E-state index in [1.165, 1.54) is 11.9 Å². The second-order valence-corrected chi connectivity index (χ2v) is 3.40. The molecule has 0 radical (unpaired) electrons. The molecule has 1 aromatic carbocycles. The van der Waals surface area contributed by atoms with E-state index >= 15 is 0 Å². The van der Waals surface area contributed by atoms with Crippen molar-refractivity contribution in [1.82, 2.24) is 14.8 Å². The van der Waals surface area contributed by atoms with Crippen molar-refractivity contribution in [3.05, 3.63) is 42.0 Å². The highest BCUT2D eigenvalue weighted by atomic mass is 16.5. The molecule has 4 nitrogen and oxygen atoms in total. The third-order valence-electron chi connectivity index (χ3n) is 2.19. The maximum absolute atomic E-state index is 5.56. The largest absolute Gasteiger partial charge is 0.486 e. The van der Waals surface area contributed by atoms with Gasteiger partial charge in [0, 0.05) is 7.05 Å². The summed E-state index contributed by atoms with van der Waals surface area (Å²) >= 11 is 0. The van der Waals surface area contributed by atoms with Crippen LogP contribution in [0.4, 0.5) is 0 Å². The molecule has 15 heavy (non-hydrogen) atoms. The number of hydrogen-bond donors (Lipinski definition) is 0. The van der Waals surface area contributed by atoms with Crippen molar-refractivity contribution in [3.8, 4) is 5.75 Å². The van der Waals surface area contributed by atoms with Gasteiger partial charge in [-0.3, -0.25) is 4.68 Å². The Hall–Kier alpha value is -1.84. The van der Waals surface area contributed by atoms with E-state index in [9.17, 15) is 0 Å². The SMILES string of the molecule is Cc1ccc(OCc2ncnn2C)cc1. The van der Waals surface area contributed by atoms with Crippen LogP contribution in [-0.2, 0) is 13.7 Å². The first-order valence-electron chi connectivity index (χ1n) is 4.78. The second-order valence-electron chi connectivity index (χ2n) is 3.40. The average molecular weight is 203 g/mol. The Bertz CT molecular complexity index is 433. The van der Waals surface area contributed by atoms with Crippen LogP contribution in [0.25, 0.3) is 0 Å². The van der Waals surface area contributed by atoms with Crippen molar-refractivity contribution in [1.29, 1.82) is 0 Å². The van der Waals surface area contributed by atoms with Crippen molar-refractivity contribution in [2.24, 2.45) is 7.05 Å². The fourth-order valence-corrected chi connectivity index (χ4v) is 1.23. The van der Waals surface area contributed by atoms with E-state index in [1.54, 1.807) is 4.68 Å². The van der Waals surface area contributed by atoms with E-state index in [1.807, 2.05) is 38.2 Å². The van der Waals surface area contributed by atoms with E-state index in [-0.39, 0.29) is 0 Å². The standard InChI is InChI=1S/C11H13N3O/c1-9-3-5-10(6-4-9)15-7-11-12-8-13-14(11)2/h3-6,8H,7H2,1-2H3. The molecule has 0 saturated heterocycles. The van der Waals surface area contributed by atoms with E-state index in [4.69, 9.17) is 4.74 Å². The Kier molecular flexibility index (Phi) is 2.67. The van der Waals surface area contributed by atoms with Gasteiger partial charge in [-0.25, -0.2) is 4.98 Å². The molecule has 0 aliphatic carbocycles. The summed E-state index contributed by atoms with van der Waals surface area (Å²) in [4.78, 5) is 4.08.